The van der Waals surface area contributed by atoms with E-state index in [0.717, 1.165) is 0 Å². The van der Waals surface area contributed by atoms with Crippen molar-refractivity contribution in [3.05, 3.63) is 46.5 Å². The van der Waals surface area contributed by atoms with Gasteiger partial charge in [0, 0.05) is 0 Å². The number of carbonyl (C=O) groups is 1. The number of hydrogen-bond acceptors (Lipinski definition) is 5. The number of nitrogens with one attached hydrogen (secondary N) is 1. The van der Waals surface area contributed by atoms with Gasteiger partial charge in [0.15, 0.2) is 9.84 Å². The van der Waals surface area contributed by atoms with E-state index in [1.807, 2.05) is 0 Å². The van der Waals surface area contributed by atoms with E-state index in [9.17, 15) is 17.6 Å². The Morgan fingerprint density at radius 2 is 2.12 bits per heavy atom. The molecular formula is C16H16ClFN4O3S. The van der Waals surface area contributed by atoms with Crippen LogP contribution in [0.1, 0.15) is 17.7 Å². The highest BCUT2D eigenvalue weighted by Crippen LogP contribution is 2.22. The molecule has 10 heteroatoms. The maximum Gasteiger partial charge on any atom is 0.244 e. The van der Waals surface area contributed by atoms with Gasteiger partial charge in [0.2, 0.25) is 5.91 Å². The summed E-state index contributed by atoms with van der Waals surface area (Å²) in [5, 5.41) is 8.40. The average molecular weight is 399 g/mol. The number of sulfone groups is 1. The second kappa shape index (κ2) is 7.16. The monoisotopic (exact) mass is 398 g/mol. The predicted molar refractivity (Wildman–Crippen MR) is 95.8 cm³/mol. The summed E-state index contributed by atoms with van der Waals surface area (Å²) in [6.45, 7) is 1.72. The van der Waals surface area contributed by atoms with Crippen molar-refractivity contribution in [3.63, 3.8) is 0 Å². The fourth-order valence-electron chi connectivity index (χ4n) is 2.66. The molecule has 1 N–H and O–H groups in total. The molecule has 2 heterocycles. The van der Waals surface area contributed by atoms with Crippen LogP contribution in [0.4, 0.5) is 4.39 Å². The zero-order chi connectivity index (χ0) is 18.9. The molecule has 1 aliphatic heterocycles. The van der Waals surface area contributed by atoms with E-state index in [0.29, 0.717) is 23.4 Å². The molecule has 1 aromatic heterocycles. The van der Waals surface area contributed by atoms with E-state index in [1.54, 1.807) is 6.92 Å². The van der Waals surface area contributed by atoms with E-state index >= 15 is 0 Å². The van der Waals surface area contributed by atoms with Gasteiger partial charge in [-0.1, -0.05) is 11.6 Å². The molecule has 26 heavy (non-hydrogen) atoms. The number of carbonyl (C=O) groups excluding carboxylic acids is 1. The van der Waals surface area contributed by atoms with Crippen molar-refractivity contribution in [3.8, 4) is 5.69 Å². The van der Waals surface area contributed by atoms with Gasteiger partial charge in [-0.3, -0.25) is 4.79 Å². The topological polar surface area (TPSA) is 93.4 Å². The third-order valence-electron chi connectivity index (χ3n) is 4.09. The normalized spacial score (nSPS) is 19.1. The fourth-order valence-corrected chi connectivity index (χ4v) is 4.73. The predicted octanol–water partition coefficient (Wildman–Crippen LogP) is 1.86. The third kappa shape index (κ3) is 3.94. The first-order valence-corrected chi connectivity index (χ1v) is 10.0. The van der Waals surface area contributed by atoms with Crippen LogP contribution in [0.15, 0.2) is 29.4 Å². The summed E-state index contributed by atoms with van der Waals surface area (Å²) in [6.07, 6.45) is 1.65. The van der Waals surface area contributed by atoms with Crippen molar-refractivity contribution in [2.45, 2.75) is 13.3 Å². The van der Waals surface area contributed by atoms with Crippen LogP contribution in [0, 0.1) is 18.7 Å². The number of aromatic nitrogens is 2. The summed E-state index contributed by atoms with van der Waals surface area (Å²) in [5.74, 6) is -1.54. The van der Waals surface area contributed by atoms with Crippen LogP contribution in [0.5, 0.6) is 0 Å². The Balaban J connectivity index is 1.73. The van der Waals surface area contributed by atoms with Crippen molar-refractivity contribution in [1.82, 2.24) is 15.2 Å². The molecule has 3 rings (SSSR count). The first-order valence-electron chi connectivity index (χ1n) is 7.81. The van der Waals surface area contributed by atoms with Gasteiger partial charge in [0.1, 0.15) is 11.0 Å². The first kappa shape index (κ1) is 18.5. The second-order valence-electron chi connectivity index (χ2n) is 6.01. The average Bonchev–Trinajstić information content (AvgIpc) is 3.09. The molecule has 1 aromatic carbocycles. The fraction of sp³-hybridized carbons (Fsp3) is 0.312. The van der Waals surface area contributed by atoms with Crippen LogP contribution >= 0.6 is 11.6 Å². The molecule has 0 bridgehead atoms. The molecule has 1 fully saturated rings. The Bertz CT molecular complexity index is 970. The molecule has 7 nitrogen and oxygen atoms in total. The maximum absolute atomic E-state index is 13.0. The van der Waals surface area contributed by atoms with Crippen molar-refractivity contribution in [1.29, 1.82) is 0 Å². The molecule has 138 valence electrons. The van der Waals surface area contributed by atoms with E-state index in [4.69, 9.17) is 11.6 Å². The van der Waals surface area contributed by atoms with E-state index in [-0.39, 0.29) is 22.5 Å². The van der Waals surface area contributed by atoms with Gasteiger partial charge in [0.05, 0.1) is 40.6 Å². The number of amides is 1. The van der Waals surface area contributed by atoms with Crippen LogP contribution in [0.25, 0.3) is 5.69 Å². The molecule has 1 amide bonds. The SMILES string of the molecule is Cc1nn(-c2ccc(F)cc2)c(Cl)c1/C=N\NC(=O)[C@H]1CCS(=O)(=O)C1. The Morgan fingerprint density at radius 3 is 2.73 bits per heavy atom. The van der Waals surface area contributed by atoms with Crippen LogP contribution < -0.4 is 5.43 Å². The van der Waals surface area contributed by atoms with E-state index in [1.165, 1.54) is 35.2 Å². The lowest BCUT2D eigenvalue weighted by Crippen LogP contribution is -2.27. The number of hydrogen-bond donors (Lipinski definition) is 1. The van der Waals surface area contributed by atoms with Gasteiger partial charge >= 0.3 is 0 Å². The Hall–Kier alpha value is -2.26. The Morgan fingerprint density at radius 1 is 1.42 bits per heavy atom. The maximum atomic E-state index is 13.0. The summed E-state index contributed by atoms with van der Waals surface area (Å²) >= 11 is 6.31. The number of benzene rings is 1. The summed E-state index contributed by atoms with van der Waals surface area (Å²) in [5.41, 5.74) is 3.99. The zero-order valence-electron chi connectivity index (χ0n) is 13.8. The summed E-state index contributed by atoms with van der Waals surface area (Å²) in [7, 11) is -3.14. The lowest BCUT2D eigenvalue weighted by atomic mass is 10.1. The molecule has 0 spiro atoms. The van der Waals surface area contributed by atoms with E-state index < -0.39 is 21.7 Å². The Labute approximate surface area is 154 Å². The smallest absolute Gasteiger partial charge is 0.244 e. The quantitative estimate of drug-likeness (QED) is 0.628. The summed E-state index contributed by atoms with van der Waals surface area (Å²) in [6, 6.07) is 5.67. The number of nitrogens with zero attached hydrogens (tertiary/aromatic N) is 3. The lowest BCUT2D eigenvalue weighted by molar-refractivity contribution is -0.124. The van der Waals surface area contributed by atoms with Crippen LogP contribution in [0.2, 0.25) is 5.15 Å². The number of hydrazone groups is 1. The molecule has 1 saturated heterocycles. The molecule has 0 radical (unpaired) electrons. The van der Waals surface area contributed by atoms with Gasteiger partial charge in [-0.05, 0) is 37.6 Å². The van der Waals surface area contributed by atoms with Crippen LogP contribution in [-0.4, -0.2) is 41.8 Å². The van der Waals surface area contributed by atoms with Gasteiger partial charge in [-0.25, -0.2) is 22.9 Å². The van der Waals surface area contributed by atoms with Gasteiger partial charge < -0.3 is 0 Å². The number of halogens is 2. The van der Waals surface area contributed by atoms with Crippen molar-refractivity contribution in [2.24, 2.45) is 11.0 Å². The largest absolute Gasteiger partial charge is 0.273 e. The minimum absolute atomic E-state index is 0.0180. The van der Waals surface area contributed by atoms with Crippen molar-refractivity contribution < 1.29 is 17.6 Å². The highest BCUT2D eigenvalue weighted by atomic mass is 35.5. The van der Waals surface area contributed by atoms with Crippen molar-refractivity contribution in [2.75, 3.05) is 11.5 Å². The number of aryl methyl sites for hydroxylation is 1. The van der Waals surface area contributed by atoms with E-state index in [2.05, 4.69) is 15.6 Å². The first-order chi connectivity index (χ1) is 12.3. The highest BCUT2D eigenvalue weighted by molar-refractivity contribution is 7.91. The van der Waals surface area contributed by atoms with Crippen LogP contribution in [-0.2, 0) is 14.6 Å². The third-order valence-corrected chi connectivity index (χ3v) is 6.22. The molecular weight excluding hydrogens is 383 g/mol. The lowest BCUT2D eigenvalue weighted by Gasteiger charge is -2.04. The molecule has 1 atom stereocenters. The molecule has 0 saturated carbocycles. The van der Waals surface area contributed by atoms with Gasteiger partial charge in [-0.15, -0.1) is 0 Å². The zero-order valence-corrected chi connectivity index (χ0v) is 15.4. The standard InChI is InChI=1S/C16H16ClFN4O3S/c1-10-14(8-19-20-16(23)11-6-7-26(24,25)9-11)15(17)22(21-10)13-4-2-12(18)3-5-13/h2-5,8,11H,6-7,9H2,1H3,(H,20,23)/b19-8-/t11-/m0/s1. The Kier molecular flexibility index (Phi) is 5.10. The van der Waals surface area contributed by atoms with Gasteiger partial charge in [0.25, 0.3) is 0 Å². The molecule has 1 aliphatic rings. The van der Waals surface area contributed by atoms with Gasteiger partial charge in [-0.2, -0.15) is 10.2 Å². The molecule has 0 aliphatic carbocycles. The summed E-state index contributed by atoms with van der Waals surface area (Å²) in [4.78, 5) is 12.0. The molecule has 2 aromatic rings. The summed E-state index contributed by atoms with van der Waals surface area (Å²) < 4.78 is 37.3. The highest BCUT2D eigenvalue weighted by Gasteiger charge is 2.32. The second-order valence-corrected chi connectivity index (χ2v) is 8.60. The van der Waals surface area contributed by atoms with Crippen LogP contribution in [0.3, 0.4) is 0 Å². The molecule has 0 unspecified atom stereocenters. The minimum atomic E-state index is -3.14. The number of rotatable bonds is 4. The van der Waals surface area contributed by atoms with Crippen molar-refractivity contribution >= 4 is 33.6 Å². The minimum Gasteiger partial charge on any atom is -0.273 e.